The lowest BCUT2D eigenvalue weighted by atomic mass is 10.3. The van der Waals surface area contributed by atoms with E-state index in [-0.39, 0.29) is 12.0 Å². The molecule has 1 fully saturated rings. The minimum absolute atomic E-state index is 0.0727. The largest absolute Gasteiger partial charge is 0.473 e. The van der Waals surface area contributed by atoms with Gasteiger partial charge in [0.1, 0.15) is 6.10 Å². The van der Waals surface area contributed by atoms with Crippen molar-refractivity contribution >= 4 is 0 Å². The summed E-state index contributed by atoms with van der Waals surface area (Å²) in [4.78, 5) is 0. The highest BCUT2D eigenvalue weighted by Gasteiger charge is 2.35. The summed E-state index contributed by atoms with van der Waals surface area (Å²) >= 11 is 0. The fraction of sp³-hybridized carbons (Fsp3) is 0.667. The van der Waals surface area contributed by atoms with E-state index in [2.05, 4.69) is 10.4 Å². The fourth-order valence-corrected chi connectivity index (χ4v) is 1.60. The van der Waals surface area contributed by atoms with Gasteiger partial charge in [0.05, 0.1) is 0 Å². The lowest BCUT2D eigenvalue weighted by Gasteiger charge is -2.11. The smallest absolute Gasteiger partial charge is 0.435 e. The fourth-order valence-electron chi connectivity index (χ4n) is 1.60. The molecule has 0 saturated carbocycles. The van der Waals surface area contributed by atoms with Crippen LogP contribution in [0.2, 0.25) is 0 Å². The van der Waals surface area contributed by atoms with Crippen molar-refractivity contribution in [3.05, 3.63) is 11.8 Å². The maximum atomic E-state index is 12.4. The van der Waals surface area contributed by atoms with Crippen molar-refractivity contribution in [2.75, 3.05) is 13.1 Å². The zero-order chi connectivity index (χ0) is 11.8. The lowest BCUT2D eigenvalue weighted by molar-refractivity contribution is -0.141. The van der Waals surface area contributed by atoms with Crippen LogP contribution in [-0.4, -0.2) is 29.0 Å². The van der Waals surface area contributed by atoms with Crippen molar-refractivity contribution in [1.29, 1.82) is 0 Å². The van der Waals surface area contributed by atoms with Crippen LogP contribution < -0.4 is 10.1 Å². The van der Waals surface area contributed by atoms with Gasteiger partial charge in [-0.2, -0.15) is 18.3 Å². The van der Waals surface area contributed by atoms with Gasteiger partial charge in [-0.05, 0) is 13.0 Å². The van der Waals surface area contributed by atoms with Gasteiger partial charge in [0.25, 0.3) is 0 Å². The van der Waals surface area contributed by atoms with Crippen LogP contribution in [0.1, 0.15) is 12.1 Å². The van der Waals surface area contributed by atoms with Gasteiger partial charge < -0.3 is 10.1 Å². The van der Waals surface area contributed by atoms with E-state index in [4.69, 9.17) is 4.74 Å². The van der Waals surface area contributed by atoms with Crippen LogP contribution in [0.5, 0.6) is 5.88 Å². The molecule has 7 heteroatoms. The summed E-state index contributed by atoms with van der Waals surface area (Å²) in [5.74, 6) is 0.154. The predicted molar refractivity (Wildman–Crippen MR) is 50.1 cm³/mol. The summed E-state index contributed by atoms with van der Waals surface area (Å²) in [5, 5.41) is 6.44. The Bertz CT molecular complexity index is 369. The number of aryl methyl sites for hydroxylation is 1. The molecule has 0 aliphatic carbocycles. The van der Waals surface area contributed by atoms with Gasteiger partial charge in [0.15, 0.2) is 5.69 Å². The Morgan fingerprint density at radius 2 is 2.31 bits per heavy atom. The van der Waals surface area contributed by atoms with E-state index in [1.54, 1.807) is 0 Å². The highest BCUT2D eigenvalue weighted by Crippen LogP contribution is 2.30. The van der Waals surface area contributed by atoms with Gasteiger partial charge in [-0.1, -0.05) is 0 Å². The highest BCUT2D eigenvalue weighted by atomic mass is 19.4. The number of nitrogens with zero attached hydrogens (tertiary/aromatic N) is 2. The van der Waals surface area contributed by atoms with Gasteiger partial charge in [-0.3, -0.25) is 0 Å². The van der Waals surface area contributed by atoms with Crippen LogP contribution in [0, 0.1) is 0 Å². The molecule has 1 atom stereocenters. The molecule has 0 aromatic carbocycles. The number of hydrogen-bond donors (Lipinski definition) is 1. The van der Waals surface area contributed by atoms with E-state index in [0.29, 0.717) is 6.54 Å². The van der Waals surface area contributed by atoms with Gasteiger partial charge in [0.2, 0.25) is 5.88 Å². The Balaban J connectivity index is 2.12. The summed E-state index contributed by atoms with van der Waals surface area (Å²) in [6.45, 7) is 1.49. The maximum Gasteiger partial charge on any atom is 0.435 e. The zero-order valence-electron chi connectivity index (χ0n) is 8.71. The molecule has 1 unspecified atom stereocenters. The van der Waals surface area contributed by atoms with Gasteiger partial charge >= 0.3 is 6.18 Å². The molecule has 1 aromatic heterocycles. The standard InChI is InChI=1S/C9H12F3N3O/c1-15-8(16-6-2-3-13-5-6)4-7(14-15)9(10,11)12/h4,6,13H,2-3,5H2,1H3. The summed E-state index contributed by atoms with van der Waals surface area (Å²) in [5.41, 5.74) is -0.920. The number of halogens is 3. The number of nitrogens with one attached hydrogen (secondary N) is 1. The van der Waals surface area contributed by atoms with E-state index in [1.165, 1.54) is 7.05 Å². The Kier molecular flexibility index (Phi) is 2.79. The van der Waals surface area contributed by atoms with Crippen molar-refractivity contribution in [3.63, 3.8) is 0 Å². The van der Waals surface area contributed by atoms with Crippen LogP contribution in [0.25, 0.3) is 0 Å². The normalized spacial score (nSPS) is 21.4. The summed E-state index contributed by atoms with van der Waals surface area (Å²) in [7, 11) is 1.44. The van der Waals surface area contributed by atoms with Gasteiger partial charge in [0, 0.05) is 19.7 Å². The second-order valence-electron chi connectivity index (χ2n) is 3.72. The quantitative estimate of drug-likeness (QED) is 0.836. The number of hydrogen-bond acceptors (Lipinski definition) is 3. The molecule has 1 aromatic rings. The van der Waals surface area contributed by atoms with Crippen molar-refractivity contribution < 1.29 is 17.9 Å². The first-order chi connectivity index (χ1) is 7.47. The monoisotopic (exact) mass is 235 g/mol. The molecule has 0 radical (unpaired) electrons. The first kappa shape index (κ1) is 11.3. The summed E-state index contributed by atoms with van der Waals surface area (Å²) < 4.78 is 43.6. The molecule has 16 heavy (non-hydrogen) atoms. The molecule has 90 valence electrons. The Morgan fingerprint density at radius 3 is 2.81 bits per heavy atom. The topological polar surface area (TPSA) is 39.1 Å². The summed E-state index contributed by atoms with van der Waals surface area (Å²) in [6.07, 6.45) is -3.70. The average molecular weight is 235 g/mol. The van der Waals surface area contributed by atoms with Crippen LogP contribution >= 0.6 is 0 Å². The number of ether oxygens (including phenoxy) is 1. The van der Waals surface area contributed by atoms with Crippen molar-refractivity contribution in [1.82, 2.24) is 15.1 Å². The molecule has 1 N–H and O–H groups in total. The molecule has 2 rings (SSSR count). The Labute approximate surface area is 90.4 Å². The second-order valence-corrected chi connectivity index (χ2v) is 3.72. The van der Waals surface area contributed by atoms with E-state index in [1.807, 2.05) is 0 Å². The Morgan fingerprint density at radius 1 is 1.56 bits per heavy atom. The van der Waals surface area contributed by atoms with Gasteiger partial charge in [-0.25, -0.2) is 4.68 Å². The first-order valence-corrected chi connectivity index (χ1v) is 4.95. The molecule has 1 aliphatic heterocycles. The molecule has 4 nitrogen and oxygen atoms in total. The van der Waals surface area contributed by atoms with Crippen LogP contribution in [0.15, 0.2) is 6.07 Å². The SMILES string of the molecule is Cn1nc(C(F)(F)F)cc1OC1CCNC1. The predicted octanol–water partition coefficient (Wildman–Crippen LogP) is 1.18. The third kappa shape index (κ3) is 2.29. The molecule has 0 amide bonds. The zero-order valence-corrected chi connectivity index (χ0v) is 8.71. The first-order valence-electron chi connectivity index (χ1n) is 4.95. The highest BCUT2D eigenvalue weighted by molar-refractivity contribution is 5.18. The minimum Gasteiger partial charge on any atom is -0.473 e. The van der Waals surface area contributed by atoms with Gasteiger partial charge in [-0.15, -0.1) is 0 Å². The van der Waals surface area contributed by atoms with E-state index < -0.39 is 11.9 Å². The molecular weight excluding hydrogens is 223 g/mol. The molecular formula is C9H12F3N3O. The van der Waals surface area contributed by atoms with Crippen LogP contribution in [-0.2, 0) is 13.2 Å². The number of rotatable bonds is 2. The molecule has 2 heterocycles. The maximum absolute atomic E-state index is 12.4. The van der Waals surface area contributed by atoms with Crippen LogP contribution in [0.3, 0.4) is 0 Å². The number of aromatic nitrogens is 2. The minimum atomic E-state index is -4.42. The van der Waals surface area contributed by atoms with Crippen molar-refractivity contribution in [2.45, 2.75) is 18.7 Å². The number of alkyl halides is 3. The molecule has 0 spiro atoms. The molecule has 0 bridgehead atoms. The average Bonchev–Trinajstić information content (AvgIpc) is 2.76. The van der Waals surface area contributed by atoms with Crippen molar-refractivity contribution in [2.24, 2.45) is 7.05 Å². The summed E-state index contributed by atoms with van der Waals surface area (Å²) in [6, 6.07) is 0.929. The van der Waals surface area contributed by atoms with Crippen molar-refractivity contribution in [3.8, 4) is 5.88 Å². The Hall–Kier alpha value is -1.24. The lowest BCUT2D eigenvalue weighted by Crippen LogP contribution is -2.20. The van der Waals surface area contributed by atoms with E-state index in [0.717, 1.165) is 23.7 Å². The van der Waals surface area contributed by atoms with Crippen LogP contribution in [0.4, 0.5) is 13.2 Å². The molecule has 1 saturated heterocycles. The second kappa shape index (κ2) is 3.97. The third-order valence-electron chi connectivity index (χ3n) is 2.43. The molecule has 1 aliphatic rings. The van der Waals surface area contributed by atoms with E-state index in [9.17, 15) is 13.2 Å². The third-order valence-corrected chi connectivity index (χ3v) is 2.43. The van der Waals surface area contributed by atoms with E-state index >= 15 is 0 Å².